The summed E-state index contributed by atoms with van der Waals surface area (Å²) in [6, 6.07) is 0.0776. The first-order valence-electron chi connectivity index (χ1n) is 5.08. The Labute approximate surface area is 89.2 Å². The first-order chi connectivity index (χ1) is 7.16. The Bertz CT molecular complexity index is 399. The topological polar surface area (TPSA) is 74.8 Å². The van der Waals surface area contributed by atoms with Gasteiger partial charge in [0.1, 0.15) is 5.82 Å². The zero-order valence-corrected chi connectivity index (χ0v) is 9.26. The van der Waals surface area contributed by atoms with Crippen LogP contribution in [0, 0.1) is 0 Å². The van der Waals surface area contributed by atoms with Crippen molar-refractivity contribution in [2.75, 3.05) is 11.5 Å². The maximum atomic E-state index is 11.4. The third kappa shape index (κ3) is 3.04. The average molecular weight is 229 g/mol. The number of imidazole rings is 1. The number of rotatable bonds is 3. The van der Waals surface area contributed by atoms with Crippen molar-refractivity contribution in [3.8, 4) is 0 Å². The smallest absolute Gasteiger partial charge is 0.151 e. The van der Waals surface area contributed by atoms with Gasteiger partial charge in [-0.3, -0.25) is 0 Å². The fourth-order valence-electron chi connectivity index (χ4n) is 1.82. The Morgan fingerprint density at radius 1 is 1.60 bits per heavy atom. The number of nitrogens with one attached hydrogen (secondary N) is 2. The van der Waals surface area contributed by atoms with Crippen molar-refractivity contribution in [3.05, 3.63) is 18.2 Å². The highest BCUT2D eigenvalue weighted by Gasteiger charge is 2.24. The Kier molecular flexibility index (Phi) is 3.06. The third-order valence-electron chi connectivity index (χ3n) is 2.58. The molecule has 2 rings (SSSR count). The Hall–Kier alpha value is -0.880. The maximum absolute atomic E-state index is 11.4. The van der Waals surface area contributed by atoms with Gasteiger partial charge in [-0.1, -0.05) is 0 Å². The predicted molar refractivity (Wildman–Crippen MR) is 57.1 cm³/mol. The van der Waals surface area contributed by atoms with Gasteiger partial charge < -0.3 is 10.3 Å². The summed E-state index contributed by atoms with van der Waals surface area (Å²) in [5.41, 5.74) is 0. The molecule has 1 fully saturated rings. The van der Waals surface area contributed by atoms with Crippen LogP contribution in [-0.2, 0) is 16.4 Å². The zero-order chi connectivity index (χ0) is 10.7. The largest absolute Gasteiger partial charge is 0.348 e. The maximum Gasteiger partial charge on any atom is 0.151 e. The number of nitrogens with zero attached hydrogens (tertiary/aromatic N) is 1. The predicted octanol–water partition coefficient (Wildman–Crippen LogP) is 0.0765. The van der Waals surface area contributed by atoms with Gasteiger partial charge in [-0.2, -0.15) is 0 Å². The first kappa shape index (κ1) is 10.6. The molecule has 84 valence electrons. The lowest BCUT2D eigenvalue weighted by molar-refractivity contribution is 0.475. The van der Waals surface area contributed by atoms with Crippen molar-refractivity contribution in [3.63, 3.8) is 0 Å². The average Bonchev–Trinajstić information content (AvgIpc) is 2.65. The van der Waals surface area contributed by atoms with E-state index >= 15 is 0 Å². The van der Waals surface area contributed by atoms with Crippen LogP contribution in [0.25, 0.3) is 0 Å². The number of sulfone groups is 1. The molecule has 0 bridgehead atoms. The fraction of sp³-hybridized carbons (Fsp3) is 0.667. The highest BCUT2D eigenvalue weighted by molar-refractivity contribution is 7.91. The second-order valence-corrected chi connectivity index (χ2v) is 6.10. The molecule has 0 aromatic carbocycles. The summed E-state index contributed by atoms with van der Waals surface area (Å²) in [4.78, 5) is 7.04. The molecule has 0 amide bonds. The lowest BCUT2D eigenvalue weighted by atomic mass is 10.2. The van der Waals surface area contributed by atoms with Crippen molar-refractivity contribution in [1.82, 2.24) is 15.3 Å². The normalized spacial score (nSPS) is 25.2. The summed E-state index contributed by atoms with van der Waals surface area (Å²) in [5, 5.41) is 3.21. The van der Waals surface area contributed by atoms with Crippen LogP contribution in [0.3, 0.4) is 0 Å². The van der Waals surface area contributed by atoms with Gasteiger partial charge in [-0.25, -0.2) is 13.4 Å². The number of hydrogen-bond acceptors (Lipinski definition) is 4. The van der Waals surface area contributed by atoms with Gasteiger partial charge in [0.2, 0.25) is 0 Å². The molecule has 1 atom stereocenters. The molecule has 5 nitrogen and oxygen atoms in total. The lowest BCUT2D eigenvalue weighted by Crippen LogP contribution is -2.39. The van der Waals surface area contributed by atoms with Gasteiger partial charge in [-0.15, -0.1) is 0 Å². The van der Waals surface area contributed by atoms with E-state index in [0.29, 0.717) is 12.3 Å². The van der Waals surface area contributed by atoms with Crippen LogP contribution >= 0.6 is 0 Å². The summed E-state index contributed by atoms with van der Waals surface area (Å²) >= 11 is 0. The molecule has 1 aliphatic heterocycles. The quantitative estimate of drug-likeness (QED) is 0.769. The van der Waals surface area contributed by atoms with E-state index in [0.717, 1.165) is 18.7 Å². The van der Waals surface area contributed by atoms with Crippen molar-refractivity contribution >= 4 is 9.84 Å². The minimum absolute atomic E-state index is 0.0776. The molecule has 0 saturated carbocycles. The van der Waals surface area contributed by atoms with Crippen molar-refractivity contribution in [1.29, 1.82) is 0 Å². The van der Waals surface area contributed by atoms with Crippen LogP contribution in [0.15, 0.2) is 12.4 Å². The number of hydrogen-bond donors (Lipinski definition) is 2. The van der Waals surface area contributed by atoms with Crippen LogP contribution in [0.2, 0.25) is 0 Å². The van der Waals surface area contributed by atoms with Gasteiger partial charge in [0, 0.05) is 18.4 Å². The molecule has 15 heavy (non-hydrogen) atoms. The monoisotopic (exact) mass is 229 g/mol. The molecule has 0 aliphatic carbocycles. The van der Waals surface area contributed by atoms with Crippen molar-refractivity contribution in [2.24, 2.45) is 0 Å². The molecule has 1 aromatic heterocycles. The summed E-state index contributed by atoms with van der Waals surface area (Å²) in [6.07, 6.45) is 5.14. The van der Waals surface area contributed by atoms with Gasteiger partial charge in [0.25, 0.3) is 0 Å². The van der Waals surface area contributed by atoms with Gasteiger partial charge in [0.15, 0.2) is 9.84 Å². The number of aromatic amines is 1. The lowest BCUT2D eigenvalue weighted by Gasteiger charge is -2.22. The van der Waals surface area contributed by atoms with Gasteiger partial charge in [0.05, 0.1) is 18.1 Å². The van der Waals surface area contributed by atoms with E-state index in [4.69, 9.17) is 0 Å². The van der Waals surface area contributed by atoms with Crippen LogP contribution in [0.4, 0.5) is 0 Å². The summed E-state index contributed by atoms with van der Waals surface area (Å²) in [7, 11) is -2.82. The van der Waals surface area contributed by atoms with Gasteiger partial charge >= 0.3 is 0 Å². The van der Waals surface area contributed by atoms with Crippen LogP contribution < -0.4 is 5.32 Å². The minimum Gasteiger partial charge on any atom is -0.348 e. The summed E-state index contributed by atoms with van der Waals surface area (Å²) in [5.74, 6) is 1.44. The van der Waals surface area contributed by atoms with E-state index in [2.05, 4.69) is 15.3 Å². The fourth-order valence-corrected chi connectivity index (χ4v) is 3.49. The summed E-state index contributed by atoms with van der Waals surface area (Å²) < 4.78 is 22.7. The molecule has 0 spiro atoms. The molecule has 1 aromatic rings. The molecule has 2 heterocycles. The van der Waals surface area contributed by atoms with E-state index in [-0.39, 0.29) is 11.8 Å². The van der Waals surface area contributed by atoms with E-state index in [1.54, 1.807) is 12.4 Å². The van der Waals surface area contributed by atoms with Crippen LogP contribution in [0.5, 0.6) is 0 Å². The third-order valence-corrected chi connectivity index (χ3v) is 4.40. The second kappa shape index (κ2) is 4.32. The molecule has 1 aliphatic rings. The molecule has 0 radical (unpaired) electrons. The first-order valence-corrected chi connectivity index (χ1v) is 6.90. The van der Waals surface area contributed by atoms with Crippen LogP contribution in [-0.4, -0.2) is 35.9 Å². The van der Waals surface area contributed by atoms with Crippen molar-refractivity contribution in [2.45, 2.75) is 25.4 Å². The molecular weight excluding hydrogens is 214 g/mol. The van der Waals surface area contributed by atoms with E-state index < -0.39 is 9.84 Å². The number of aromatic nitrogens is 2. The Balaban J connectivity index is 1.85. The highest BCUT2D eigenvalue weighted by atomic mass is 32.2. The SMILES string of the molecule is O=S1(=O)CCCC(NCc2ncc[nH]2)C1. The van der Waals surface area contributed by atoms with Gasteiger partial charge in [-0.05, 0) is 12.8 Å². The van der Waals surface area contributed by atoms with E-state index in [9.17, 15) is 8.42 Å². The molecule has 2 N–H and O–H groups in total. The van der Waals surface area contributed by atoms with E-state index in [1.165, 1.54) is 0 Å². The standard InChI is InChI=1S/C9H15N3O2S/c13-15(14)5-1-2-8(7-15)12-6-9-10-3-4-11-9/h3-4,8,12H,1-2,5-7H2,(H,10,11). The highest BCUT2D eigenvalue weighted by Crippen LogP contribution is 2.12. The Morgan fingerprint density at radius 3 is 3.13 bits per heavy atom. The minimum atomic E-state index is -2.82. The second-order valence-electron chi connectivity index (χ2n) is 3.87. The molecule has 1 saturated heterocycles. The molecular formula is C9H15N3O2S. The molecule has 1 unspecified atom stereocenters. The van der Waals surface area contributed by atoms with Crippen LogP contribution in [0.1, 0.15) is 18.7 Å². The van der Waals surface area contributed by atoms with E-state index in [1.807, 2.05) is 0 Å². The zero-order valence-electron chi connectivity index (χ0n) is 8.44. The molecule has 6 heteroatoms. The Morgan fingerprint density at radius 2 is 2.47 bits per heavy atom. The summed E-state index contributed by atoms with van der Waals surface area (Å²) in [6.45, 7) is 0.604. The van der Waals surface area contributed by atoms with Crippen molar-refractivity contribution < 1.29 is 8.42 Å². The number of H-pyrrole nitrogens is 1.